The Morgan fingerprint density at radius 1 is 1.26 bits per heavy atom. The molecule has 2 aliphatic heterocycles. The second kappa shape index (κ2) is 8.84. The minimum absolute atomic E-state index is 0.116. The summed E-state index contributed by atoms with van der Waals surface area (Å²) in [6, 6.07) is 0. The van der Waals surface area contributed by atoms with Gasteiger partial charge in [0.25, 0.3) is 0 Å². The number of aliphatic hydroxyl groups excluding tert-OH is 1. The molecule has 1 aromatic heterocycles. The molecule has 8 nitrogen and oxygen atoms in total. The van der Waals surface area contributed by atoms with E-state index in [1.165, 1.54) is 0 Å². The Morgan fingerprint density at radius 2 is 2.00 bits per heavy atom. The number of anilines is 2. The Labute approximate surface area is 161 Å². The van der Waals surface area contributed by atoms with Gasteiger partial charge >= 0.3 is 0 Å². The fourth-order valence-corrected chi connectivity index (χ4v) is 3.60. The molecule has 1 amide bonds. The first-order valence-electron chi connectivity index (χ1n) is 9.85. The lowest BCUT2D eigenvalue weighted by molar-refractivity contribution is -0.133. The third-order valence-corrected chi connectivity index (χ3v) is 5.21. The van der Waals surface area contributed by atoms with Gasteiger partial charge in [-0.2, -0.15) is 4.98 Å². The average Bonchev–Trinajstić information content (AvgIpc) is 2.67. The Hall–Kier alpha value is -1.93. The van der Waals surface area contributed by atoms with E-state index < -0.39 is 0 Å². The number of aromatic nitrogens is 2. The number of carbonyl (C=O) groups excluding carboxylic acids is 1. The summed E-state index contributed by atoms with van der Waals surface area (Å²) in [6.07, 6.45) is 2.40. The van der Waals surface area contributed by atoms with E-state index in [1.54, 1.807) is 0 Å². The Morgan fingerprint density at radius 3 is 2.67 bits per heavy atom. The van der Waals surface area contributed by atoms with Gasteiger partial charge in [0.15, 0.2) is 0 Å². The highest BCUT2D eigenvalue weighted by atomic mass is 16.5. The van der Waals surface area contributed by atoms with Gasteiger partial charge in [-0.25, -0.2) is 4.98 Å². The van der Waals surface area contributed by atoms with Gasteiger partial charge < -0.3 is 24.5 Å². The molecule has 3 heterocycles. The van der Waals surface area contributed by atoms with Gasteiger partial charge in [0.05, 0.1) is 31.4 Å². The lowest BCUT2D eigenvalue weighted by Crippen LogP contribution is -2.41. The molecule has 0 unspecified atom stereocenters. The summed E-state index contributed by atoms with van der Waals surface area (Å²) >= 11 is 0. The molecule has 1 aromatic rings. The Kier molecular flexibility index (Phi) is 6.49. The van der Waals surface area contributed by atoms with E-state index in [1.807, 2.05) is 30.8 Å². The second-order valence-electron chi connectivity index (χ2n) is 7.40. The van der Waals surface area contributed by atoms with Crippen LogP contribution < -0.4 is 9.80 Å². The zero-order valence-corrected chi connectivity index (χ0v) is 16.6. The maximum atomic E-state index is 12.5. The molecule has 0 bridgehead atoms. The smallest absolute Gasteiger partial charge is 0.227 e. The third kappa shape index (κ3) is 4.68. The molecule has 150 valence electrons. The van der Waals surface area contributed by atoms with Gasteiger partial charge in [0.2, 0.25) is 11.9 Å². The first-order chi connectivity index (χ1) is 13.0. The van der Waals surface area contributed by atoms with E-state index in [4.69, 9.17) is 14.7 Å². The lowest BCUT2D eigenvalue weighted by Gasteiger charge is -2.36. The van der Waals surface area contributed by atoms with Crippen molar-refractivity contribution in [2.75, 3.05) is 56.7 Å². The number of hydrogen-bond acceptors (Lipinski definition) is 7. The lowest BCUT2D eigenvalue weighted by atomic mass is 10.0. The van der Waals surface area contributed by atoms with Gasteiger partial charge in [-0.05, 0) is 19.8 Å². The molecule has 0 atom stereocenters. The number of amides is 1. The van der Waals surface area contributed by atoms with Crippen molar-refractivity contribution in [1.29, 1.82) is 0 Å². The van der Waals surface area contributed by atoms with E-state index in [0.29, 0.717) is 38.7 Å². The van der Waals surface area contributed by atoms with Crippen molar-refractivity contribution in [2.45, 2.75) is 45.3 Å². The number of rotatable bonds is 6. The summed E-state index contributed by atoms with van der Waals surface area (Å²) in [5.41, 5.74) is 2.08. The van der Waals surface area contributed by atoms with Gasteiger partial charge in [-0.1, -0.05) is 0 Å². The van der Waals surface area contributed by atoms with Crippen molar-refractivity contribution in [1.82, 2.24) is 14.9 Å². The van der Waals surface area contributed by atoms with E-state index in [9.17, 15) is 9.90 Å². The highest BCUT2D eigenvalue weighted by molar-refractivity contribution is 5.77. The van der Waals surface area contributed by atoms with Crippen molar-refractivity contribution >= 4 is 17.7 Å². The quantitative estimate of drug-likeness (QED) is 0.735. The zero-order chi connectivity index (χ0) is 19.4. The van der Waals surface area contributed by atoms with E-state index in [2.05, 4.69) is 4.90 Å². The number of hydrogen-bond donors (Lipinski definition) is 1. The largest absolute Gasteiger partial charge is 0.393 e. The first kappa shape index (κ1) is 19.8. The van der Waals surface area contributed by atoms with Crippen LogP contribution in [0, 0.1) is 0 Å². The molecular weight excluding hydrogens is 346 g/mol. The molecule has 2 aliphatic rings. The highest BCUT2D eigenvalue weighted by Crippen LogP contribution is 2.30. The molecule has 27 heavy (non-hydrogen) atoms. The number of fused-ring (bicyclic) bond motifs is 1. The monoisotopic (exact) mass is 377 g/mol. The van der Waals surface area contributed by atoms with Crippen LogP contribution in [-0.2, 0) is 22.5 Å². The minimum Gasteiger partial charge on any atom is -0.393 e. The molecule has 0 radical (unpaired) electrons. The topological polar surface area (TPSA) is 82.0 Å². The van der Waals surface area contributed by atoms with Crippen LogP contribution in [0.5, 0.6) is 0 Å². The molecule has 0 spiro atoms. The fourth-order valence-electron chi connectivity index (χ4n) is 3.60. The summed E-state index contributed by atoms with van der Waals surface area (Å²) in [5, 5.41) is 9.84. The second-order valence-corrected chi connectivity index (χ2v) is 7.40. The van der Waals surface area contributed by atoms with Crippen LogP contribution in [0.25, 0.3) is 0 Å². The fraction of sp³-hybridized carbons (Fsp3) is 0.737. The van der Waals surface area contributed by atoms with Crippen LogP contribution in [0.2, 0.25) is 0 Å². The standard InChI is InChI=1S/C19H31N5O3/c1-4-27-12-8-17(26)24-11-7-16-15(13-24)18(21-19(20-16)22(2)3)23-9-5-14(25)6-10-23/h14,25H,4-13H2,1-3H3. The SMILES string of the molecule is CCOCCC(=O)N1CCc2nc(N(C)C)nc(N3CCC(O)CC3)c2C1. The number of aliphatic hydroxyl groups is 1. The number of piperidine rings is 1. The van der Waals surface area contributed by atoms with Crippen LogP contribution in [0.4, 0.5) is 11.8 Å². The van der Waals surface area contributed by atoms with Gasteiger partial charge in [0, 0.05) is 52.3 Å². The molecule has 0 saturated carbocycles. The third-order valence-electron chi connectivity index (χ3n) is 5.21. The predicted octanol–water partition coefficient (Wildman–Crippen LogP) is 0.815. The van der Waals surface area contributed by atoms with Gasteiger partial charge in [-0.3, -0.25) is 4.79 Å². The highest BCUT2D eigenvalue weighted by Gasteiger charge is 2.29. The number of nitrogens with zero attached hydrogens (tertiary/aromatic N) is 5. The molecule has 3 rings (SSSR count). The molecule has 1 saturated heterocycles. The van der Waals surface area contributed by atoms with Crippen molar-refractivity contribution < 1.29 is 14.6 Å². The number of ether oxygens (including phenoxy) is 1. The van der Waals surface area contributed by atoms with Gasteiger partial charge in [-0.15, -0.1) is 0 Å². The average molecular weight is 377 g/mol. The van der Waals surface area contributed by atoms with Crippen LogP contribution in [-0.4, -0.2) is 78.9 Å². The summed E-state index contributed by atoms with van der Waals surface area (Å²) in [6.45, 7) is 5.80. The number of carbonyl (C=O) groups is 1. The first-order valence-corrected chi connectivity index (χ1v) is 9.85. The van der Waals surface area contributed by atoms with Crippen molar-refractivity contribution in [2.24, 2.45) is 0 Å². The van der Waals surface area contributed by atoms with Crippen LogP contribution in [0.15, 0.2) is 0 Å². The molecule has 8 heteroatoms. The molecule has 1 fully saturated rings. The van der Waals surface area contributed by atoms with Crippen LogP contribution in [0.1, 0.15) is 37.4 Å². The normalized spacial score (nSPS) is 17.8. The molecule has 0 aliphatic carbocycles. The molecular formula is C19H31N5O3. The molecule has 0 aromatic carbocycles. The Balaban J connectivity index is 1.83. The predicted molar refractivity (Wildman–Crippen MR) is 104 cm³/mol. The zero-order valence-electron chi connectivity index (χ0n) is 16.6. The van der Waals surface area contributed by atoms with E-state index in [-0.39, 0.29) is 12.0 Å². The summed E-state index contributed by atoms with van der Waals surface area (Å²) in [5.74, 6) is 1.73. The minimum atomic E-state index is -0.233. The van der Waals surface area contributed by atoms with Gasteiger partial charge in [0.1, 0.15) is 5.82 Å². The maximum absolute atomic E-state index is 12.5. The van der Waals surface area contributed by atoms with E-state index >= 15 is 0 Å². The maximum Gasteiger partial charge on any atom is 0.227 e. The van der Waals surface area contributed by atoms with Crippen molar-refractivity contribution in [3.8, 4) is 0 Å². The van der Waals surface area contributed by atoms with Crippen LogP contribution >= 0.6 is 0 Å². The van der Waals surface area contributed by atoms with Crippen molar-refractivity contribution in [3.63, 3.8) is 0 Å². The summed E-state index contributed by atoms with van der Waals surface area (Å²) in [7, 11) is 3.88. The van der Waals surface area contributed by atoms with Crippen LogP contribution in [0.3, 0.4) is 0 Å². The summed E-state index contributed by atoms with van der Waals surface area (Å²) in [4.78, 5) is 28.1. The Bertz CT molecular complexity index is 659. The van der Waals surface area contributed by atoms with E-state index in [0.717, 1.165) is 49.4 Å². The summed E-state index contributed by atoms with van der Waals surface area (Å²) < 4.78 is 5.33. The molecule has 1 N–H and O–H groups in total. The van der Waals surface area contributed by atoms with Crippen molar-refractivity contribution in [3.05, 3.63) is 11.3 Å².